The maximum Gasteiger partial charge on any atom is 0.255 e. The van der Waals surface area contributed by atoms with Gasteiger partial charge in [0, 0.05) is 13.0 Å². The van der Waals surface area contributed by atoms with E-state index < -0.39 is 18.9 Å². The Hall–Kier alpha value is -1.69. The molecule has 1 rings (SSSR count). The van der Waals surface area contributed by atoms with Gasteiger partial charge in [-0.2, -0.15) is 0 Å². The van der Waals surface area contributed by atoms with Crippen molar-refractivity contribution in [3.05, 3.63) is 29.8 Å². The fourth-order valence-corrected chi connectivity index (χ4v) is 1.91. The first-order chi connectivity index (χ1) is 9.58. The van der Waals surface area contributed by atoms with Crippen LogP contribution < -0.4 is 4.74 Å². The fourth-order valence-electron chi connectivity index (χ4n) is 1.91. The number of hydrogen-bond donors (Lipinski definition) is 1. The number of carbonyl (C=O) groups excluding carboxylic acids is 1. The molecule has 0 atom stereocenters. The maximum absolute atomic E-state index is 12.4. The monoisotopic (exact) mass is 287 g/mol. The molecule has 0 unspecified atom stereocenters. The molecule has 0 aliphatic rings. The number of amides is 1. The van der Waals surface area contributed by atoms with E-state index in [0.717, 1.165) is 10.5 Å². The number of ether oxygens (including phenoxy) is 1. The molecule has 0 heterocycles. The minimum Gasteiger partial charge on any atom is -0.496 e. The summed E-state index contributed by atoms with van der Waals surface area (Å²) >= 11 is 0. The molecule has 4 nitrogen and oxygen atoms in total. The molecule has 1 aromatic rings. The molecular weight excluding hydrogens is 268 g/mol. The molecule has 112 valence electrons. The predicted octanol–water partition coefficient (Wildman–Crippen LogP) is 1.71. The van der Waals surface area contributed by atoms with Crippen LogP contribution in [0.4, 0.5) is 8.78 Å². The molecule has 0 aliphatic heterocycles. The van der Waals surface area contributed by atoms with Gasteiger partial charge in [-0.15, -0.1) is 0 Å². The molecular formula is C14H19F2NO3. The van der Waals surface area contributed by atoms with Crippen LogP contribution in [0.25, 0.3) is 0 Å². The maximum atomic E-state index is 12.4. The lowest BCUT2D eigenvalue weighted by atomic mass is 10.1. The number of carbonyl (C=O) groups is 1. The Balaban J connectivity index is 2.60. The molecule has 0 spiro atoms. The van der Waals surface area contributed by atoms with Crippen molar-refractivity contribution in [3.63, 3.8) is 0 Å². The number of rotatable bonds is 8. The van der Waals surface area contributed by atoms with Crippen LogP contribution in [0.2, 0.25) is 0 Å². The van der Waals surface area contributed by atoms with Crippen LogP contribution in [-0.2, 0) is 11.2 Å². The summed E-state index contributed by atoms with van der Waals surface area (Å²) in [5, 5.41) is 8.81. The first-order valence-corrected chi connectivity index (χ1v) is 6.37. The van der Waals surface area contributed by atoms with Crippen molar-refractivity contribution >= 4 is 5.91 Å². The second kappa shape index (κ2) is 8.47. The summed E-state index contributed by atoms with van der Waals surface area (Å²) in [7, 11) is 1.54. The number of methoxy groups -OCH3 is 1. The van der Waals surface area contributed by atoms with E-state index in [4.69, 9.17) is 9.84 Å². The zero-order valence-electron chi connectivity index (χ0n) is 11.4. The molecule has 0 aromatic heterocycles. The third-order valence-corrected chi connectivity index (χ3v) is 2.88. The lowest BCUT2D eigenvalue weighted by molar-refractivity contribution is -0.133. The van der Waals surface area contributed by atoms with Gasteiger partial charge < -0.3 is 14.7 Å². The van der Waals surface area contributed by atoms with E-state index in [-0.39, 0.29) is 19.6 Å². The molecule has 1 aromatic carbocycles. The summed E-state index contributed by atoms with van der Waals surface area (Å²) in [6.07, 6.45) is -2.09. The van der Waals surface area contributed by atoms with Crippen LogP contribution in [0, 0.1) is 0 Å². The Labute approximate surface area is 117 Å². The second-order valence-electron chi connectivity index (χ2n) is 4.27. The number of aryl methyl sites for hydroxylation is 1. The summed E-state index contributed by atoms with van der Waals surface area (Å²) in [4.78, 5) is 12.9. The number of alkyl halides is 2. The average molecular weight is 287 g/mol. The normalized spacial score (nSPS) is 10.7. The number of nitrogens with zero attached hydrogens (tertiary/aromatic N) is 1. The molecule has 0 fully saturated rings. The molecule has 1 N–H and O–H groups in total. The van der Waals surface area contributed by atoms with Gasteiger partial charge in [-0.25, -0.2) is 8.78 Å². The Kier molecular flexibility index (Phi) is 6.93. The molecule has 0 saturated carbocycles. The van der Waals surface area contributed by atoms with Crippen molar-refractivity contribution in [1.29, 1.82) is 0 Å². The lowest BCUT2D eigenvalue weighted by Crippen LogP contribution is -2.37. The van der Waals surface area contributed by atoms with E-state index in [9.17, 15) is 13.6 Å². The predicted molar refractivity (Wildman–Crippen MR) is 71.0 cm³/mol. The minimum absolute atomic E-state index is 0.0743. The van der Waals surface area contributed by atoms with E-state index in [1.807, 2.05) is 18.2 Å². The van der Waals surface area contributed by atoms with Crippen LogP contribution in [-0.4, -0.2) is 49.1 Å². The van der Waals surface area contributed by atoms with Crippen molar-refractivity contribution in [1.82, 2.24) is 4.90 Å². The highest BCUT2D eigenvalue weighted by Gasteiger charge is 2.17. The molecule has 0 radical (unpaired) electrons. The van der Waals surface area contributed by atoms with Crippen LogP contribution in [0.3, 0.4) is 0 Å². The van der Waals surface area contributed by atoms with Crippen molar-refractivity contribution in [2.75, 3.05) is 26.8 Å². The quantitative estimate of drug-likeness (QED) is 0.792. The van der Waals surface area contributed by atoms with E-state index >= 15 is 0 Å². The number of benzene rings is 1. The van der Waals surface area contributed by atoms with Gasteiger partial charge in [0.25, 0.3) is 6.43 Å². The SMILES string of the molecule is COc1ccccc1CCC(=O)N(CCO)CC(F)F. The number of para-hydroxylation sites is 1. The van der Waals surface area contributed by atoms with Crippen LogP contribution in [0.5, 0.6) is 5.75 Å². The van der Waals surface area contributed by atoms with Crippen LogP contribution >= 0.6 is 0 Å². The van der Waals surface area contributed by atoms with Crippen molar-refractivity contribution < 1.29 is 23.4 Å². The fraction of sp³-hybridized carbons (Fsp3) is 0.500. The van der Waals surface area contributed by atoms with Gasteiger partial charge in [0.05, 0.1) is 20.3 Å². The van der Waals surface area contributed by atoms with Crippen molar-refractivity contribution in [2.45, 2.75) is 19.3 Å². The van der Waals surface area contributed by atoms with E-state index in [1.165, 1.54) is 7.11 Å². The molecule has 0 bridgehead atoms. The highest BCUT2D eigenvalue weighted by molar-refractivity contribution is 5.76. The summed E-state index contributed by atoms with van der Waals surface area (Å²) in [6, 6.07) is 7.26. The smallest absolute Gasteiger partial charge is 0.255 e. The summed E-state index contributed by atoms with van der Waals surface area (Å²) in [5.41, 5.74) is 0.851. The Morgan fingerprint density at radius 2 is 2.10 bits per heavy atom. The van der Waals surface area contributed by atoms with Gasteiger partial charge in [0.1, 0.15) is 5.75 Å². The van der Waals surface area contributed by atoms with E-state index in [0.29, 0.717) is 12.2 Å². The van der Waals surface area contributed by atoms with Gasteiger partial charge in [-0.05, 0) is 18.1 Å². The Morgan fingerprint density at radius 3 is 2.70 bits per heavy atom. The van der Waals surface area contributed by atoms with Crippen molar-refractivity contribution in [2.24, 2.45) is 0 Å². The van der Waals surface area contributed by atoms with Crippen LogP contribution in [0.1, 0.15) is 12.0 Å². The van der Waals surface area contributed by atoms with E-state index in [2.05, 4.69) is 0 Å². The third kappa shape index (κ3) is 5.13. The highest BCUT2D eigenvalue weighted by Crippen LogP contribution is 2.19. The number of halogens is 2. The van der Waals surface area contributed by atoms with E-state index in [1.54, 1.807) is 6.07 Å². The Morgan fingerprint density at radius 1 is 1.40 bits per heavy atom. The zero-order chi connectivity index (χ0) is 15.0. The van der Waals surface area contributed by atoms with Gasteiger partial charge in [-0.1, -0.05) is 18.2 Å². The largest absolute Gasteiger partial charge is 0.496 e. The minimum atomic E-state index is -2.60. The first-order valence-electron chi connectivity index (χ1n) is 6.37. The molecule has 1 amide bonds. The summed E-state index contributed by atoms with van der Waals surface area (Å²) in [5.74, 6) is 0.271. The standard InChI is InChI=1S/C14H19F2NO3/c1-20-12-5-3-2-4-11(12)6-7-14(19)17(8-9-18)10-13(15)16/h2-5,13,18H,6-10H2,1H3. The highest BCUT2D eigenvalue weighted by atomic mass is 19.3. The van der Waals surface area contributed by atoms with Gasteiger partial charge in [0.15, 0.2) is 0 Å². The third-order valence-electron chi connectivity index (χ3n) is 2.88. The second-order valence-corrected chi connectivity index (χ2v) is 4.27. The van der Waals surface area contributed by atoms with Gasteiger partial charge in [-0.3, -0.25) is 4.79 Å². The number of aliphatic hydroxyl groups excluding tert-OH is 1. The van der Waals surface area contributed by atoms with Crippen molar-refractivity contribution in [3.8, 4) is 5.75 Å². The topological polar surface area (TPSA) is 49.8 Å². The molecule has 20 heavy (non-hydrogen) atoms. The summed E-state index contributed by atoms with van der Waals surface area (Å²) < 4.78 is 29.9. The van der Waals surface area contributed by atoms with Crippen LogP contribution in [0.15, 0.2) is 24.3 Å². The summed E-state index contributed by atoms with van der Waals surface area (Å²) in [6.45, 7) is -1.05. The zero-order valence-corrected chi connectivity index (χ0v) is 11.4. The van der Waals surface area contributed by atoms with Gasteiger partial charge in [0.2, 0.25) is 5.91 Å². The molecule has 0 aliphatic carbocycles. The molecule has 0 saturated heterocycles. The lowest BCUT2D eigenvalue weighted by Gasteiger charge is -2.21. The number of aliphatic hydroxyl groups is 1. The molecule has 6 heteroatoms. The first kappa shape index (κ1) is 16.4. The average Bonchev–Trinajstić information content (AvgIpc) is 2.44. The van der Waals surface area contributed by atoms with Gasteiger partial charge >= 0.3 is 0 Å². The number of hydrogen-bond acceptors (Lipinski definition) is 3. The Bertz CT molecular complexity index is 427.